The van der Waals surface area contributed by atoms with Gasteiger partial charge >= 0.3 is 5.97 Å². The van der Waals surface area contributed by atoms with Crippen LogP contribution >= 0.6 is 15.9 Å². The number of carboxylic acid groups (broad SMARTS) is 1. The average Bonchev–Trinajstić information content (AvgIpc) is 2.33. The highest BCUT2D eigenvalue weighted by molar-refractivity contribution is 9.10. The van der Waals surface area contributed by atoms with Crippen LogP contribution in [0.25, 0.3) is 0 Å². The van der Waals surface area contributed by atoms with Crippen molar-refractivity contribution in [2.45, 2.75) is 18.4 Å². The van der Waals surface area contributed by atoms with Crippen molar-refractivity contribution in [2.75, 3.05) is 18.5 Å². The Labute approximate surface area is 108 Å². The molecule has 1 heterocycles. The number of carbonyl (C=O) groups is 1. The van der Waals surface area contributed by atoms with E-state index in [1.807, 2.05) is 24.3 Å². The second-order valence-corrected chi connectivity index (χ2v) is 5.05. The average molecular weight is 300 g/mol. The standard InChI is InChI=1S/C12H14BrNO3/c13-9-1-3-10(4-2-9)14-12(11(15)16)5-7-17-8-6-12/h1-4,14H,5-8H2,(H,15,16). The number of rotatable bonds is 3. The maximum Gasteiger partial charge on any atom is 0.329 e. The molecular weight excluding hydrogens is 286 g/mol. The Morgan fingerprint density at radius 2 is 1.88 bits per heavy atom. The molecule has 0 unspecified atom stereocenters. The van der Waals surface area contributed by atoms with Gasteiger partial charge in [0.1, 0.15) is 5.54 Å². The van der Waals surface area contributed by atoms with Crippen molar-refractivity contribution in [3.05, 3.63) is 28.7 Å². The van der Waals surface area contributed by atoms with Crippen molar-refractivity contribution in [3.63, 3.8) is 0 Å². The van der Waals surface area contributed by atoms with Gasteiger partial charge in [-0.05, 0) is 24.3 Å². The van der Waals surface area contributed by atoms with Crippen molar-refractivity contribution in [2.24, 2.45) is 0 Å². The molecule has 2 rings (SSSR count). The summed E-state index contributed by atoms with van der Waals surface area (Å²) in [6.07, 6.45) is 0.969. The summed E-state index contributed by atoms with van der Waals surface area (Å²) >= 11 is 3.35. The third kappa shape index (κ3) is 2.79. The number of carboxylic acids is 1. The Morgan fingerprint density at radius 1 is 1.29 bits per heavy atom. The van der Waals surface area contributed by atoms with Gasteiger partial charge in [0.05, 0.1) is 0 Å². The van der Waals surface area contributed by atoms with Crippen LogP contribution in [-0.2, 0) is 9.53 Å². The Morgan fingerprint density at radius 3 is 2.41 bits per heavy atom. The van der Waals surface area contributed by atoms with Crippen LogP contribution < -0.4 is 5.32 Å². The van der Waals surface area contributed by atoms with E-state index >= 15 is 0 Å². The van der Waals surface area contributed by atoms with E-state index in [4.69, 9.17) is 4.74 Å². The molecule has 0 aromatic heterocycles. The third-order valence-electron chi connectivity index (χ3n) is 2.98. The lowest BCUT2D eigenvalue weighted by Crippen LogP contribution is -2.50. The van der Waals surface area contributed by atoms with Gasteiger partial charge in [0, 0.05) is 36.2 Å². The number of nitrogens with one attached hydrogen (secondary N) is 1. The summed E-state index contributed by atoms with van der Waals surface area (Å²) in [4.78, 5) is 11.4. The number of anilines is 1. The highest BCUT2D eigenvalue weighted by Crippen LogP contribution is 2.27. The van der Waals surface area contributed by atoms with Crippen LogP contribution in [0.4, 0.5) is 5.69 Å². The molecule has 1 aromatic carbocycles. The minimum absolute atomic E-state index is 0.482. The summed E-state index contributed by atoms with van der Waals surface area (Å²) < 4.78 is 6.19. The molecule has 17 heavy (non-hydrogen) atoms. The Balaban J connectivity index is 2.17. The van der Waals surface area contributed by atoms with Crippen molar-refractivity contribution >= 4 is 27.6 Å². The predicted molar refractivity (Wildman–Crippen MR) is 68.2 cm³/mol. The fraction of sp³-hybridized carbons (Fsp3) is 0.417. The maximum atomic E-state index is 11.4. The van der Waals surface area contributed by atoms with E-state index in [2.05, 4.69) is 21.2 Å². The first-order chi connectivity index (χ1) is 8.12. The Bertz CT molecular complexity index is 399. The smallest absolute Gasteiger partial charge is 0.329 e. The minimum Gasteiger partial charge on any atom is -0.480 e. The van der Waals surface area contributed by atoms with E-state index in [1.54, 1.807) is 0 Å². The zero-order valence-electron chi connectivity index (χ0n) is 9.28. The molecule has 1 saturated heterocycles. The molecule has 0 atom stereocenters. The molecule has 92 valence electrons. The topological polar surface area (TPSA) is 58.6 Å². The molecule has 4 nitrogen and oxygen atoms in total. The molecule has 0 bridgehead atoms. The van der Waals surface area contributed by atoms with Gasteiger partial charge in [0.2, 0.25) is 0 Å². The summed E-state index contributed by atoms with van der Waals surface area (Å²) in [7, 11) is 0. The molecule has 0 radical (unpaired) electrons. The lowest BCUT2D eigenvalue weighted by Gasteiger charge is -2.34. The molecule has 1 aliphatic rings. The maximum absolute atomic E-state index is 11.4. The Hall–Kier alpha value is -1.07. The third-order valence-corrected chi connectivity index (χ3v) is 3.51. The van der Waals surface area contributed by atoms with Gasteiger partial charge in [0.25, 0.3) is 0 Å². The summed E-state index contributed by atoms with van der Waals surface area (Å²) in [6, 6.07) is 7.50. The first-order valence-electron chi connectivity index (χ1n) is 5.47. The van der Waals surface area contributed by atoms with E-state index in [-0.39, 0.29) is 0 Å². The van der Waals surface area contributed by atoms with Crippen LogP contribution in [0.3, 0.4) is 0 Å². The van der Waals surface area contributed by atoms with E-state index < -0.39 is 11.5 Å². The van der Waals surface area contributed by atoms with Gasteiger partial charge in [-0.2, -0.15) is 0 Å². The summed E-state index contributed by atoms with van der Waals surface area (Å²) in [5.74, 6) is -0.816. The second kappa shape index (κ2) is 5.06. The monoisotopic (exact) mass is 299 g/mol. The van der Waals surface area contributed by atoms with Crippen LogP contribution in [-0.4, -0.2) is 29.8 Å². The first kappa shape index (κ1) is 12.4. The number of hydrogen-bond acceptors (Lipinski definition) is 3. The van der Waals surface area contributed by atoms with E-state index in [1.165, 1.54) is 0 Å². The van der Waals surface area contributed by atoms with E-state index in [0.29, 0.717) is 26.1 Å². The zero-order chi connectivity index (χ0) is 12.3. The summed E-state index contributed by atoms with van der Waals surface area (Å²) in [5.41, 5.74) is -0.0796. The number of hydrogen-bond donors (Lipinski definition) is 2. The van der Waals surface area contributed by atoms with Crippen molar-refractivity contribution in [1.82, 2.24) is 0 Å². The number of halogens is 1. The number of ether oxygens (including phenoxy) is 1. The normalized spacial score (nSPS) is 18.6. The number of aliphatic carboxylic acids is 1. The molecule has 1 aliphatic heterocycles. The lowest BCUT2D eigenvalue weighted by molar-refractivity contribution is -0.145. The Kier molecular flexibility index (Phi) is 3.69. The highest BCUT2D eigenvalue weighted by atomic mass is 79.9. The van der Waals surface area contributed by atoms with Crippen molar-refractivity contribution < 1.29 is 14.6 Å². The van der Waals surface area contributed by atoms with Crippen molar-refractivity contribution in [3.8, 4) is 0 Å². The van der Waals surface area contributed by atoms with Gasteiger partial charge in [0.15, 0.2) is 0 Å². The van der Waals surface area contributed by atoms with Crippen LogP contribution in [0.5, 0.6) is 0 Å². The van der Waals surface area contributed by atoms with Crippen LogP contribution in [0.2, 0.25) is 0 Å². The molecule has 2 N–H and O–H groups in total. The molecule has 1 aromatic rings. The molecule has 0 amide bonds. The van der Waals surface area contributed by atoms with Gasteiger partial charge in [-0.15, -0.1) is 0 Å². The first-order valence-corrected chi connectivity index (χ1v) is 6.27. The second-order valence-electron chi connectivity index (χ2n) is 4.13. The SMILES string of the molecule is O=C(O)C1(Nc2ccc(Br)cc2)CCOCC1. The molecule has 0 aliphatic carbocycles. The van der Waals surface area contributed by atoms with Crippen molar-refractivity contribution in [1.29, 1.82) is 0 Å². The van der Waals surface area contributed by atoms with Gasteiger partial charge in [-0.3, -0.25) is 0 Å². The quantitative estimate of drug-likeness (QED) is 0.900. The molecule has 1 fully saturated rings. The summed E-state index contributed by atoms with van der Waals surface area (Å²) in [5, 5.41) is 12.5. The van der Waals surface area contributed by atoms with Gasteiger partial charge in [-0.1, -0.05) is 15.9 Å². The largest absolute Gasteiger partial charge is 0.480 e. The van der Waals surface area contributed by atoms with Gasteiger partial charge in [-0.25, -0.2) is 4.79 Å². The zero-order valence-corrected chi connectivity index (χ0v) is 10.9. The molecule has 0 spiro atoms. The van der Waals surface area contributed by atoms with Crippen LogP contribution in [0.15, 0.2) is 28.7 Å². The molecule has 5 heteroatoms. The molecule has 0 saturated carbocycles. The van der Waals surface area contributed by atoms with Crippen LogP contribution in [0, 0.1) is 0 Å². The summed E-state index contributed by atoms with van der Waals surface area (Å²) in [6.45, 7) is 0.964. The van der Waals surface area contributed by atoms with Crippen LogP contribution in [0.1, 0.15) is 12.8 Å². The van der Waals surface area contributed by atoms with E-state index in [0.717, 1.165) is 10.2 Å². The molecular formula is C12H14BrNO3. The predicted octanol–water partition coefficient (Wildman–Crippen LogP) is 2.49. The van der Waals surface area contributed by atoms with Gasteiger partial charge < -0.3 is 15.2 Å². The lowest BCUT2D eigenvalue weighted by atomic mass is 9.90. The van der Waals surface area contributed by atoms with E-state index in [9.17, 15) is 9.90 Å². The number of benzene rings is 1. The fourth-order valence-corrected chi connectivity index (χ4v) is 2.19. The minimum atomic E-state index is -0.897. The fourth-order valence-electron chi connectivity index (χ4n) is 1.92. The highest BCUT2D eigenvalue weighted by Gasteiger charge is 2.40.